The van der Waals surface area contributed by atoms with E-state index in [1.54, 1.807) is 23.2 Å². The Morgan fingerprint density at radius 3 is 2.82 bits per heavy atom. The molecule has 148 valence electrons. The number of primary sulfonamides is 1. The van der Waals surface area contributed by atoms with Gasteiger partial charge in [0.05, 0.1) is 34.7 Å². The van der Waals surface area contributed by atoms with E-state index in [-0.39, 0.29) is 23.4 Å². The van der Waals surface area contributed by atoms with Crippen LogP contribution >= 0.6 is 0 Å². The molecule has 1 aromatic carbocycles. The highest BCUT2D eigenvalue weighted by Crippen LogP contribution is 2.35. The Kier molecular flexibility index (Phi) is 4.46. The summed E-state index contributed by atoms with van der Waals surface area (Å²) in [7, 11) is -3.88. The van der Waals surface area contributed by atoms with Gasteiger partial charge < -0.3 is 25.8 Å². The summed E-state index contributed by atoms with van der Waals surface area (Å²) in [6, 6.07) is 5.71. The van der Waals surface area contributed by atoms with E-state index in [4.69, 9.17) is 10.9 Å². The van der Waals surface area contributed by atoms with Crippen molar-refractivity contribution in [3.63, 3.8) is 0 Å². The van der Waals surface area contributed by atoms with Crippen LogP contribution in [0.15, 0.2) is 35.4 Å². The van der Waals surface area contributed by atoms with Crippen LogP contribution in [-0.2, 0) is 10.0 Å². The Hall–Kier alpha value is -2.73. The third kappa shape index (κ3) is 3.18. The zero-order valence-electron chi connectivity index (χ0n) is 14.8. The summed E-state index contributed by atoms with van der Waals surface area (Å²) in [6.07, 6.45) is 1.40. The van der Waals surface area contributed by atoms with E-state index in [0.29, 0.717) is 41.1 Å². The number of sulfonamides is 1. The molecule has 7 N–H and O–H groups in total. The number of H-pyrrole nitrogens is 1. The number of nitrogens with two attached hydrogens (primary N) is 2. The molecular weight excluding hydrogens is 384 g/mol. The molecular formula is C17H20N6O4S. The summed E-state index contributed by atoms with van der Waals surface area (Å²) < 4.78 is 23.4. The summed E-state index contributed by atoms with van der Waals surface area (Å²) in [5.74, 6) is 0.739. The molecule has 0 unspecified atom stereocenters. The average Bonchev–Trinajstić information content (AvgIpc) is 3.23. The molecule has 10 nitrogen and oxygen atoms in total. The normalized spacial score (nSPS) is 20.2. The van der Waals surface area contributed by atoms with Gasteiger partial charge in [-0.25, -0.2) is 23.5 Å². The van der Waals surface area contributed by atoms with Crippen LogP contribution < -0.4 is 15.8 Å². The zero-order chi connectivity index (χ0) is 20.1. The van der Waals surface area contributed by atoms with Crippen molar-refractivity contribution in [3.05, 3.63) is 30.5 Å². The maximum Gasteiger partial charge on any atom is 0.238 e. The number of anilines is 2. The average molecular weight is 404 g/mol. The zero-order valence-corrected chi connectivity index (χ0v) is 15.6. The van der Waals surface area contributed by atoms with E-state index < -0.39 is 16.1 Å². The van der Waals surface area contributed by atoms with E-state index in [2.05, 4.69) is 15.0 Å². The number of aromatic nitrogens is 3. The van der Waals surface area contributed by atoms with Gasteiger partial charge in [0.2, 0.25) is 10.0 Å². The van der Waals surface area contributed by atoms with Gasteiger partial charge in [0, 0.05) is 18.3 Å². The monoisotopic (exact) mass is 404 g/mol. The molecule has 11 heteroatoms. The lowest BCUT2D eigenvalue weighted by Crippen LogP contribution is -2.33. The lowest BCUT2D eigenvalue weighted by atomic mass is 10.2. The number of hydrogen-bond donors (Lipinski definition) is 5. The fourth-order valence-electron chi connectivity index (χ4n) is 3.51. The lowest BCUT2D eigenvalue weighted by molar-refractivity contribution is 0.184. The SMILES string of the molecule is Nc1c[nH]c2nc(-c3cccc(S(N)(=O)=O)c3)nc(N3C[C@@H](O)C[C@H]3CO)c12. The first-order valence-corrected chi connectivity index (χ1v) is 10.2. The summed E-state index contributed by atoms with van der Waals surface area (Å²) >= 11 is 0. The number of hydrogen-bond acceptors (Lipinski definition) is 8. The van der Waals surface area contributed by atoms with Crippen molar-refractivity contribution >= 4 is 32.6 Å². The minimum absolute atomic E-state index is 0.0499. The molecule has 2 atom stereocenters. The van der Waals surface area contributed by atoms with Crippen molar-refractivity contribution in [2.45, 2.75) is 23.5 Å². The fraction of sp³-hybridized carbons (Fsp3) is 0.294. The topological polar surface area (TPSA) is 171 Å². The Morgan fingerprint density at radius 2 is 2.11 bits per heavy atom. The number of nitrogens with zero attached hydrogens (tertiary/aromatic N) is 3. The van der Waals surface area contributed by atoms with Gasteiger partial charge in [-0.3, -0.25) is 0 Å². The van der Waals surface area contributed by atoms with Crippen LogP contribution in [0, 0.1) is 0 Å². The number of benzene rings is 1. The van der Waals surface area contributed by atoms with Crippen molar-refractivity contribution in [1.82, 2.24) is 15.0 Å². The Labute approximate surface area is 160 Å². The quantitative estimate of drug-likeness (QED) is 0.397. The van der Waals surface area contributed by atoms with Crippen LogP contribution in [0.4, 0.5) is 11.5 Å². The first-order chi connectivity index (χ1) is 13.3. The molecule has 1 aliphatic heterocycles. The molecule has 2 aromatic heterocycles. The molecule has 1 aliphatic rings. The van der Waals surface area contributed by atoms with E-state index in [0.717, 1.165) is 0 Å². The molecule has 3 aromatic rings. The third-order valence-corrected chi connectivity index (χ3v) is 5.75. The molecule has 0 spiro atoms. The minimum atomic E-state index is -3.88. The van der Waals surface area contributed by atoms with Crippen molar-refractivity contribution in [3.8, 4) is 11.4 Å². The van der Waals surface area contributed by atoms with Gasteiger partial charge in [-0.2, -0.15) is 0 Å². The summed E-state index contributed by atoms with van der Waals surface area (Å²) in [5, 5.41) is 25.6. The molecule has 0 bridgehead atoms. The highest BCUT2D eigenvalue weighted by molar-refractivity contribution is 7.89. The molecule has 0 amide bonds. The summed E-state index contributed by atoms with van der Waals surface area (Å²) in [6.45, 7) is 0.141. The first-order valence-electron chi connectivity index (χ1n) is 8.61. The smallest absolute Gasteiger partial charge is 0.238 e. The highest BCUT2D eigenvalue weighted by Gasteiger charge is 2.33. The molecule has 3 heterocycles. The van der Waals surface area contributed by atoms with Crippen molar-refractivity contribution < 1.29 is 18.6 Å². The van der Waals surface area contributed by atoms with Gasteiger partial charge in [0.15, 0.2) is 5.82 Å². The van der Waals surface area contributed by atoms with Gasteiger partial charge in [0.25, 0.3) is 0 Å². The van der Waals surface area contributed by atoms with E-state index in [1.807, 2.05) is 0 Å². The molecule has 0 radical (unpaired) electrons. The van der Waals surface area contributed by atoms with Crippen LogP contribution in [0.1, 0.15) is 6.42 Å². The van der Waals surface area contributed by atoms with E-state index in [1.165, 1.54) is 12.1 Å². The van der Waals surface area contributed by atoms with Gasteiger partial charge in [0.1, 0.15) is 11.5 Å². The maximum atomic E-state index is 11.7. The Bertz CT molecular complexity index is 1150. The third-order valence-electron chi connectivity index (χ3n) is 4.84. The standard InChI is InChI=1S/C17H20N6O4S/c18-13-6-20-16-14(13)17(23-7-11(25)5-10(23)8-24)22-15(21-16)9-2-1-3-12(4-9)28(19,26)27/h1-4,6,10-11,24-25H,5,7-8,18H2,(H2,19,26,27)(H,20,21,22)/t10-,11-/m0/s1. The number of fused-ring (bicyclic) bond motifs is 1. The lowest BCUT2D eigenvalue weighted by Gasteiger charge is -2.25. The van der Waals surface area contributed by atoms with Crippen LogP contribution in [0.25, 0.3) is 22.4 Å². The summed E-state index contributed by atoms with van der Waals surface area (Å²) in [5.41, 5.74) is 7.45. The molecule has 0 aliphatic carbocycles. The maximum absolute atomic E-state index is 11.7. The van der Waals surface area contributed by atoms with Crippen LogP contribution in [0.3, 0.4) is 0 Å². The first kappa shape index (κ1) is 18.6. The second-order valence-corrected chi connectivity index (χ2v) is 8.35. The number of aliphatic hydroxyl groups excluding tert-OH is 2. The predicted octanol–water partition coefficient (Wildman–Crippen LogP) is -0.214. The van der Waals surface area contributed by atoms with Crippen LogP contribution in [0.5, 0.6) is 0 Å². The van der Waals surface area contributed by atoms with Gasteiger partial charge in [-0.1, -0.05) is 12.1 Å². The molecule has 1 fully saturated rings. The summed E-state index contributed by atoms with van der Waals surface area (Å²) in [4.78, 5) is 13.8. The van der Waals surface area contributed by atoms with Gasteiger partial charge in [-0.15, -0.1) is 0 Å². The number of nitrogen functional groups attached to an aromatic ring is 1. The molecule has 0 saturated carbocycles. The Balaban J connectivity index is 1.91. The van der Waals surface area contributed by atoms with Crippen molar-refractivity contribution in [2.24, 2.45) is 5.14 Å². The van der Waals surface area contributed by atoms with Gasteiger partial charge >= 0.3 is 0 Å². The number of nitrogens with one attached hydrogen (secondary N) is 1. The number of rotatable bonds is 4. The second-order valence-electron chi connectivity index (χ2n) is 6.79. The van der Waals surface area contributed by atoms with Crippen molar-refractivity contribution in [2.75, 3.05) is 23.8 Å². The molecule has 1 saturated heterocycles. The van der Waals surface area contributed by atoms with Gasteiger partial charge in [-0.05, 0) is 18.6 Å². The van der Waals surface area contributed by atoms with E-state index >= 15 is 0 Å². The largest absolute Gasteiger partial charge is 0.397 e. The number of aromatic amines is 1. The predicted molar refractivity (Wildman–Crippen MR) is 104 cm³/mol. The van der Waals surface area contributed by atoms with E-state index in [9.17, 15) is 18.6 Å². The Morgan fingerprint density at radius 1 is 1.32 bits per heavy atom. The second kappa shape index (κ2) is 6.71. The molecule has 28 heavy (non-hydrogen) atoms. The van der Waals surface area contributed by atoms with Crippen LogP contribution in [0.2, 0.25) is 0 Å². The van der Waals surface area contributed by atoms with Crippen molar-refractivity contribution in [1.29, 1.82) is 0 Å². The van der Waals surface area contributed by atoms with Crippen LogP contribution in [-0.4, -0.2) is 58.9 Å². The fourth-order valence-corrected chi connectivity index (χ4v) is 4.07. The molecule has 4 rings (SSSR count). The highest BCUT2D eigenvalue weighted by atomic mass is 32.2. The number of β-amino-alcohol motifs (C(OH)–C–C–N with tert-alkyl or cyclic N) is 1. The minimum Gasteiger partial charge on any atom is -0.397 e. The number of aliphatic hydroxyl groups is 2.